The van der Waals surface area contributed by atoms with Gasteiger partial charge in [-0.25, -0.2) is 9.24 Å². The Hall–Kier alpha value is -1.60. The lowest BCUT2D eigenvalue weighted by molar-refractivity contribution is 0.126. The molecule has 0 unspecified atom stereocenters. The number of nitrogens with one attached hydrogen (secondary N) is 1. The van der Waals surface area contributed by atoms with E-state index in [0.717, 1.165) is 25.7 Å². The average molecular weight is 234 g/mol. The van der Waals surface area contributed by atoms with Crippen LogP contribution in [0.3, 0.4) is 0 Å². The van der Waals surface area contributed by atoms with Crippen molar-refractivity contribution in [2.45, 2.75) is 37.8 Å². The predicted octanol–water partition coefficient (Wildman–Crippen LogP) is 3.09. The van der Waals surface area contributed by atoms with E-state index in [1.807, 2.05) is 0 Å². The minimum atomic E-state index is -0.337. The van der Waals surface area contributed by atoms with Gasteiger partial charge < -0.3 is 10.4 Å². The van der Waals surface area contributed by atoms with Crippen LogP contribution in [0.5, 0.6) is 0 Å². The monoisotopic (exact) mass is 234 g/mol. The second-order valence-corrected chi connectivity index (χ2v) is 4.42. The zero-order chi connectivity index (χ0) is 12.3. The van der Waals surface area contributed by atoms with Crippen LogP contribution in [0.4, 0.5) is 15.8 Å². The second-order valence-electron chi connectivity index (χ2n) is 4.42. The maximum atomic E-state index is 13.1. The van der Waals surface area contributed by atoms with Crippen molar-refractivity contribution in [2.75, 3.05) is 5.32 Å². The zero-order valence-corrected chi connectivity index (χ0v) is 9.49. The molecule has 3 nitrogen and oxygen atoms in total. The van der Waals surface area contributed by atoms with Gasteiger partial charge in [-0.3, -0.25) is 0 Å². The summed E-state index contributed by atoms with van der Waals surface area (Å²) in [5, 5.41) is 12.6. The van der Waals surface area contributed by atoms with Gasteiger partial charge in [-0.15, -0.1) is 0 Å². The first kappa shape index (κ1) is 11.9. The number of benzene rings is 1. The van der Waals surface area contributed by atoms with Crippen LogP contribution in [-0.2, 0) is 0 Å². The van der Waals surface area contributed by atoms with E-state index in [0.29, 0.717) is 11.4 Å². The fourth-order valence-electron chi connectivity index (χ4n) is 2.16. The Morgan fingerprint density at radius 3 is 2.65 bits per heavy atom. The lowest BCUT2D eigenvalue weighted by Gasteiger charge is -2.27. The fraction of sp³-hybridized carbons (Fsp3) is 0.462. The molecule has 1 saturated carbocycles. The van der Waals surface area contributed by atoms with E-state index in [1.54, 1.807) is 0 Å². The molecule has 0 atom stereocenters. The van der Waals surface area contributed by atoms with Crippen molar-refractivity contribution in [1.29, 1.82) is 0 Å². The van der Waals surface area contributed by atoms with Crippen molar-refractivity contribution >= 4 is 11.4 Å². The molecular formula is C13H15FN2O. The molecule has 2 N–H and O–H groups in total. The highest BCUT2D eigenvalue weighted by atomic mass is 19.1. The van der Waals surface area contributed by atoms with Gasteiger partial charge >= 0.3 is 0 Å². The third kappa shape index (κ3) is 2.95. The minimum absolute atomic E-state index is 0.208. The van der Waals surface area contributed by atoms with Crippen LogP contribution in [-0.4, -0.2) is 17.3 Å². The van der Waals surface area contributed by atoms with Gasteiger partial charge in [0.2, 0.25) is 5.69 Å². The summed E-state index contributed by atoms with van der Waals surface area (Å²) >= 11 is 0. The summed E-state index contributed by atoms with van der Waals surface area (Å²) < 4.78 is 13.1. The number of nitrogens with zero attached hydrogens (tertiary/aromatic N) is 1. The van der Waals surface area contributed by atoms with Crippen LogP contribution < -0.4 is 5.32 Å². The number of aliphatic hydroxyl groups is 1. The molecule has 1 aromatic carbocycles. The summed E-state index contributed by atoms with van der Waals surface area (Å²) in [6, 6.07) is 4.37. The van der Waals surface area contributed by atoms with Crippen molar-refractivity contribution in [3.8, 4) is 0 Å². The van der Waals surface area contributed by atoms with Crippen molar-refractivity contribution in [2.24, 2.45) is 0 Å². The van der Waals surface area contributed by atoms with Crippen LogP contribution in [0, 0.1) is 12.4 Å². The molecule has 0 radical (unpaired) electrons. The second kappa shape index (κ2) is 5.15. The first-order valence-corrected chi connectivity index (χ1v) is 5.80. The van der Waals surface area contributed by atoms with Gasteiger partial charge in [0, 0.05) is 11.7 Å². The van der Waals surface area contributed by atoms with E-state index < -0.39 is 0 Å². The summed E-state index contributed by atoms with van der Waals surface area (Å²) in [7, 11) is 0. The van der Waals surface area contributed by atoms with E-state index in [2.05, 4.69) is 10.2 Å². The minimum Gasteiger partial charge on any atom is -0.393 e. The molecule has 90 valence electrons. The lowest BCUT2D eigenvalue weighted by atomic mass is 9.93. The quantitative estimate of drug-likeness (QED) is 0.771. The average Bonchev–Trinajstić information content (AvgIpc) is 2.32. The van der Waals surface area contributed by atoms with Gasteiger partial charge in [0.15, 0.2) is 0 Å². The Kier molecular flexibility index (Phi) is 3.60. The normalized spacial score (nSPS) is 24.1. The van der Waals surface area contributed by atoms with Crippen LogP contribution in [0.1, 0.15) is 25.7 Å². The number of hydrogen-bond donors (Lipinski definition) is 2. The first-order chi connectivity index (χ1) is 8.19. The number of aliphatic hydroxyl groups excluding tert-OH is 1. The molecular weight excluding hydrogens is 219 g/mol. The maximum Gasteiger partial charge on any atom is 0.209 e. The molecule has 4 heteroatoms. The number of rotatable bonds is 2. The molecule has 0 aromatic heterocycles. The standard InChI is InChI=1S/C13H15FN2O/c1-15-12-7-2-9(14)8-13(12)16-10-3-5-11(17)6-4-10/h2,7-8,10-11,16-17H,3-6H2. The van der Waals surface area contributed by atoms with E-state index in [1.165, 1.54) is 18.2 Å². The molecule has 0 saturated heterocycles. The molecule has 0 heterocycles. The summed E-state index contributed by atoms with van der Waals surface area (Å²) in [6.45, 7) is 7.03. The number of hydrogen-bond acceptors (Lipinski definition) is 2. The van der Waals surface area contributed by atoms with E-state index in [4.69, 9.17) is 6.57 Å². The molecule has 1 fully saturated rings. The molecule has 0 aliphatic heterocycles. The zero-order valence-electron chi connectivity index (χ0n) is 9.49. The first-order valence-electron chi connectivity index (χ1n) is 5.80. The highest BCUT2D eigenvalue weighted by Crippen LogP contribution is 2.29. The van der Waals surface area contributed by atoms with Crippen molar-refractivity contribution < 1.29 is 9.50 Å². The highest BCUT2D eigenvalue weighted by Gasteiger charge is 2.19. The summed E-state index contributed by atoms with van der Waals surface area (Å²) in [6.07, 6.45) is 3.03. The fourth-order valence-corrected chi connectivity index (χ4v) is 2.16. The molecule has 0 amide bonds. The van der Waals surface area contributed by atoms with Crippen LogP contribution in [0.15, 0.2) is 18.2 Å². The maximum absolute atomic E-state index is 13.1. The van der Waals surface area contributed by atoms with Crippen molar-refractivity contribution in [3.05, 3.63) is 35.4 Å². The smallest absolute Gasteiger partial charge is 0.209 e. The molecule has 2 rings (SSSR count). The van der Waals surface area contributed by atoms with Crippen molar-refractivity contribution in [1.82, 2.24) is 0 Å². The van der Waals surface area contributed by atoms with Crippen LogP contribution in [0.2, 0.25) is 0 Å². The van der Waals surface area contributed by atoms with E-state index in [9.17, 15) is 9.50 Å². The summed E-state index contributed by atoms with van der Waals surface area (Å²) in [4.78, 5) is 3.36. The SMILES string of the molecule is [C-]#[N+]c1ccc(F)cc1NC1CCC(O)CC1. The predicted molar refractivity (Wildman–Crippen MR) is 64.5 cm³/mol. The van der Waals surface area contributed by atoms with E-state index in [-0.39, 0.29) is 18.0 Å². The number of anilines is 1. The third-order valence-electron chi connectivity index (χ3n) is 3.14. The largest absolute Gasteiger partial charge is 0.393 e. The van der Waals surface area contributed by atoms with Gasteiger partial charge in [0.25, 0.3) is 0 Å². The molecule has 1 aromatic rings. The molecule has 0 spiro atoms. The van der Waals surface area contributed by atoms with Crippen LogP contribution in [0.25, 0.3) is 4.85 Å². The van der Waals surface area contributed by atoms with E-state index >= 15 is 0 Å². The summed E-state index contributed by atoms with van der Waals surface area (Å²) in [5.74, 6) is -0.337. The van der Waals surface area contributed by atoms with Gasteiger partial charge in [-0.05, 0) is 37.8 Å². The summed E-state index contributed by atoms with van der Waals surface area (Å²) in [5.41, 5.74) is 0.999. The Morgan fingerprint density at radius 1 is 1.29 bits per heavy atom. The Morgan fingerprint density at radius 2 is 2.00 bits per heavy atom. The van der Waals surface area contributed by atoms with Crippen molar-refractivity contribution in [3.63, 3.8) is 0 Å². The van der Waals surface area contributed by atoms with Gasteiger partial charge in [-0.1, -0.05) is 6.07 Å². The molecule has 1 aliphatic rings. The molecule has 17 heavy (non-hydrogen) atoms. The Bertz CT molecular complexity index is 434. The number of halogens is 1. The lowest BCUT2D eigenvalue weighted by Crippen LogP contribution is -2.28. The molecule has 0 bridgehead atoms. The van der Waals surface area contributed by atoms with Gasteiger partial charge in [0.05, 0.1) is 12.7 Å². The van der Waals surface area contributed by atoms with Crippen LogP contribution >= 0.6 is 0 Å². The topological polar surface area (TPSA) is 36.6 Å². The Labute approximate surface area is 100 Å². The third-order valence-corrected chi connectivity index (χ3v) is 3.14. The Balaban J connectivity index is 2.08. The molecule has 1 aliphatic carbocycles. The van der Waals surface area contributed by atoms with Gasteiger partial charge in [-0.2, -0.15) is 0 Å². The highest BCUT2D eigenvalue weighted by molar-refractivity contribution is 5.69. The van der Waals surface area contributed by atoms with Gasteiger partial charge in [0.1, 0.15) is 5.82 Å².